The number of likely N-dealkylation sites (tertiary alicyclic amines) is 1. The molecule has 0 aromatic carbocycles. The first kappa shape index (κ1) is 7.03. The molecule has 1 rings (SSSR count). The standard InChI is InChI=1S/C7H15NO/c1-6-5-8(2)4-3-7(6)9/h6-7,9H,3-5H2,1-2H3/t6?,7-/m1/s1. The van der Waals surface area contributed by atoms with Gasteiger partial charge in [0.05, 0.1) is 6.10 Å². The van der Waals surface area contributed by atoms with Gasteiger partial charge < -0.3 is 10.0 Å². The van der Waals surface area contributed by atoms with E-state index in [1.807, 2.05) is 0 Å². The molecule has 0 radical (unpaired) electrons. The highest BCUT2D eigenvalue weighted by atomic mass is 16.3. The monoisotopic (exact) mass is 129 g/mol. The maximum absolute atomic E-state index is 9.27. The van der Waals surface area contributed by atoms with Crippen LogP contribution < -0.4 is 0 Å². The minimum absolute atomic E-state index is 0.0544. The minimum atomic E-state index is -0.0544. The van der Waals surface area contributed by atoms with Crippen molar-refractivity contribution in [3.8, 4) is 0 Å². The molecule has 2 atom stereocenters. The summed E-state index contributed by atoms with van der Waals surface area (Å²) < 4.78 is 0. The summed E-state index contributed by atoms with van der Waals surface area (Å²) in [7, 11) is 2.10. The lowest BCUT2D eigenvalue weighted by atomic mass is 9.97. The van der Waals surface area contributed by atoms with Gasteiger partial charge in [0.1, 0.15) is 0 Å². The smallest absolute Gasteiger partial charge is 0.0590 e. The van der Waals surface area contributed by atoms with Crippen LogP contribution >= 0.6 is 0 Å². The van der Waals surface area contributed by atoms with Crippen LogP contribution in [0.2, 0.25) is 0 Å². The highest BCUT2D eigenvalue weighted by Crippen LogP contribution is 2.14. The third-order valence-corrected chi connectivity index (χ3v) is 2.06. The second kappa shape index (κ2) is 2.67. The van der Waals surface area contributed by atoms with Crippen LogP contribution in [0.4, 0.5) is 0 Å². The van der Waals surface area contributed by atoms with Crippen LogP contribution in [0, 0.1) is 5.92 Å². The van der Waals surface area contributed by atoms with Crippen molar-refractivity contribution < 1.29 is 5.11 Å². The first-order valence-electron chi connectivity index (χ1n) is 3.57. The Morgan fingerprint density at radius 1 is 1.56 bits per heavy atom. The molecule has 2 heteroatoms. The second-order valence-electron chi connectivity index (χ2n) is 3.10. The van der Waals surface area contributed by atoms with Gasteiger partial charge in [0.2, 0.25) is 0 Å². The Morgan fingerprint density at radius 3 is 2.67 bits per heavy atom. The summed E-state index contributed by atoms with van der Waals surface area (Å²) in [6, 6.07) is 0. The van der Waals surface area contributed by atoms with Crippen molar-refractivity contribution in [3.05, 3.63) is 0 Å². The van der Waals surface area contributed by atoms with Crippen LogP contribution in [0.25, 0.3) is 0 Å². The summed E-state index contributed by atoms with van der Waals surface area (Å²) in [5.41, 5.74) is 0. The van der Waals surface area contributed by atoms with Crippen molar-refractivity contribution >= 4 is 0 Å². The van der Waals surface area contributed by atoms with Gasteiger partial charge in [-0.15, -0.1) is 0 Å². The molecule has 1 saturated heterocycles. The van der Waals surface area contributed by atoms with Crippen molar-refractivity contribution in [1.82, 2.24) is 4.90 Å². The molecule has 0 aromatic heterocycles. The fourth-order valence-corrected chi connectivity index (χ4v) is 1.34. The van der Waals surface area contributed by atoms with Crippen molar-refractivity contribution in [2.24, 2.45) is 5.92 Å². The number of aliphatic hydroxyl groups is 1. The van der Waals surface area contributed by atoms with Crippen LogP contribution in [0.15, 0.2) is 0 Å². The Kier molecular flexibility index (Phi) is 2.09. The van der Waals surface area contributed by atoms with Gasteiger partial charge in [0, 0.05) is 13.1 Å². The van der Waals surface area contributed by atoms with E-state index >= 15 is 0 Å². The Balaban J connectivity index is 2.35. The third kappa shape index (κ3) is 1.66. The molecule has 1 unspecified atom stereocenters. The molecular formula is C7H15NO. The topological polar surface area (TPSA) is 23.5 Å². The lowest BCUT2D eigenvalue weighted by Crippen LogP contribution is -2.39. The van der Waals surface area contributed by atoms with E-state index in [2.05, 4.69) is 18.9 Å². The summed E-state index contributed by atoms with van der Waals surface area (Å²) in [5.74, 6) is 0.462. The van der Waals surface area contributed by atoms with Gasteiger partial charge in [-0.2, -0.15) is 0 Å². The zero-order valence-corrected chi connectivity index (χ0v) is 6.17. The first-order valence-corrected chi connectivity index (χ1v) is 3.57. The Labute approximate surface area is 56.5 Å². The first-order chi connectivity index (χ1) is 4.20. The predicted molar refractivity (Wildman–Crippen MR) is 37.3 cm³/mol. The Morgan fingerprint density at radius 2 is 2.22 bits per heavy atom. The van der Waals surface area contributed by atoms with Crippen molar-refractivity contribution in [3.63, 3.8) is 0 Å². The molecule has 0 amide bonds. The van der Waals surface area contributed by atoms with Gasteiger partial charge in [-0.25, -0.2) is 0 Å². The van der Waals surface area contributed by atoms with E-state index in [0.717, 1.165) is 19.5 Å². The summed E-state index contributed by atoms with van der Waals surface area (Å²) in [6.45, 7) is 4.19. The Hall–Kier alpha value is -0.0800. The summed E-state index contributed by atoms with van der Waals surface area (Å²) in [5, 5.41) is 9.27. The van der Waals surface area contributed by atoms with Crippen LogP contribution in [0.1, 0.15) is 13.3 Å². The molecule has 1 N–H and O–H groups in total. The number of piperidine rings is 1. The SMILES string of the molecule is CC1CN(C)CC[C@H]1O. The van der Waals surface area contributed by atoms with Gasteiger partial charge in [-0.3, -0.25) is 0 Å². The summed E-state index contributed by atoms with van der Waals surface area (Å²) in [4.78, 5) is 2.26. The van der Waals surface area contributed by atoms with Gasteiger partial charge in [0.25, 0.3) is 0 Å². The van der Waals surface area contributed by atoms with Crippen LogP contribution in [-0.4, -0.2) is 36.2 Å². The zero-order chi connectivity index (χ0) is 6.85. The molecule has 9 heavy (non-hydrogen) atoms. The zero-order valence-electron chi connectivity index (χ0n) is 6.17. The van der Waals surface area contributed by atoms with E-state index in [1.165, 1.54) is 0 Å². The molecule has 0 aliphatic carbocycles. The number of aliphatic hydroxyl groups excluding tert-OH is 1. The fraction of sp³-hybridized carbons (Fsp3) is 1.00. The van der Waals surface area contributed by atoms with E-state index in [0.29, 0.717) is 5.92 Å². The van der Waals surface area contributed by atoms with Crippen LogP contribution in [0.3, 0.4) is 0 Å². The highest BCUT2D eigenvalue weighted by Gasteiger charge is 2.21. The largest absolute Gasteiger partial charge is 0.393 e. The van der Waals surface area contributed by atoms with Crippen molar-refractivity contribution in [2.75, 3.05) is 20.1 Å². The molecule has 1 aliphatic heterocycles. The van der Waals surface area contributed by atoms with E-state index in [1.54, 1.807) is 0 Å². The molecule has 1 fully saturated rings. The molecule has 54 valence electrons. The lowest BCUT2D eigenvalue weighted by molar-refractivity contribution is 0.0451. The average molecular weight is 129 g/mol. The molecule has 2 nitrogen and oxygen atoms in total. The van der Waals surface area contributed by atoms with Crippen LogP contribution in [-0.2, 0) is 0 Å². The van der Waals surface area contributed by atoms with E-state index in [-0.39, 0.29) is 6.10 Å². The van der Waals surface area contributed by atoms with Crippen LogP contribution in [0.5, 0.6) is 0 Å². The number of hydrogen-bond donors (Lipinski definition) is 1. The predicted octanol–water partition coefficient (Wildman–Crippen LogP) is 0.319. The maximum Gasteiger partial charge on any atom is 0.0590 e. The van der Waals surface area contributed by atoms with E-state index in [4.69, 9.17) is 0 Å². The van der Waals surface area contributed by atoms with Gasteiger partial charge in [-0.05, 0) is 19.4 Å². The Bertz CT molecular complexity index is 94.9. The van der Waals surface area contributed by atoms with Gasteiger partial charge in [0.15, 0.2) is 0 Å². The number of nitrogens with zero attached hydrogens (tertiary/aromatic N) is 1. The normalized spacial score (nSPS) is 39.0. The van der Waals surface area contributed by atoms with E-state index in [9.17, 15) is 5.11 Å². The molecule has 0 saturated carbocycles. The van der Waals surface area contributed by atoms with Crippen molar-refractivity contribution in [1.29, 1.82) is 0 Å². The average Bonchev–Trinajstić information content (AvgIpc) is 1.80. The molecule has 0 bridgehead atoms. The molecular weight excluding hydrogens is 114 g/mol. The lowest BCUT2D eigenvalue weighted by Gasteiger charge is -2.31. The second-order valence-corrected chi connectivity index (χ2v) is 3.10. The molecule has 1 heterocycles. The molecule has 0 spiro atoms. The fourth-order valence-electron chi connectivity index (χ4n) is 1.34. The van der Waals surface area contributed by atoms with E-state index < -0.39 is 0 Å². The summed E-state index contributed by atoms with van der Waals surface area (Å²) >= 11 is 0. The third-order valence-electron chi connectivity index (χ3n) is 2.06. The summed E-state index contributed by atoms with van der Waals surface area (Å²) in [6.07, 6.45) is 0.888. The van der Waals surface area contributed by atoms with Gasteiger partial charge >= 0.3 is 0 Å². The quantitative estimate of drug-likeness (QED) is 0.509. The molecule has 1 aliphatic rings. The van der Waals surface area contributed by atoms with Crippen molar-refractivity contribution in [2.45, 2.75) is 19.4 Å². The highest BCUT2D eigenvalue weighted by molar-refractivity contribution is 4.74. The van der Waals surface area contributed by atoms with Gasteiger partial charge in [-0.1, -0.05) is 6.92 Å². The molecule has 0 aromatic rings. The number of rotatable bonds is 0. The maximum atomic E-state index is 9.27. The minimum Gasteiger partial charge on any atom is -0.393 e. The number of hydrogen-bond acceptors (Lipinski definition) is 2.